The Hall–Kier alpha value is -2.39. The summed E-state index contributed by atoms with van der Waals surface area (Å²) in [5, 5.41) is 0. The maximum atomic E-state index is 12.1. The first-order valence-electron chi connectivity index (χ1n) is 9.60. The average Bonchev–Trinajstić information content (AvgIpc) is 2.62. The van der Waals surface area contributed by atoms with Crippen molar-refractivity contribution < 1.29 is 9.53 Å². The second kappa shape index (κ2) is 10.1. The van der Waals surface area contributed by atoms with Crippen LogP contribution in [0.2, 0.25) is 0 Å². The van der Waals surface area contributed by atoms with Crippen molar-refractivity contribution in [3.8, 4) is 0 Å². The van der Waals surface area contributed by atoms with Crippen molar-refractivity contribution >= 4 is 5.97 Å². The van der Waals surface area contributed by atoms with Crippen LogP contribution in [0.1, 0.15) is 45.2 Å². The fourth-order valence-corrected chi connectivity index (χ4v) is 2.97. The summed E-state index contributed by atoms with van der Waals surface area (Å²) in [5.74, 6) is -0.291. The highest BCUT2D eigenvalue weighted by Gasteiger charge is 2.18. The van der Waals surface area contributed by atoms with Crippen LogP contribution in [0.3, 0.4) is 0 Å². The molecule has 2 rings (SSSR count). The van der Waals surface area contributed by atoms with Crippen LogP contribution >= 0.6 is 0 Å². The normalized spacial score (nSPS) is 13.1. The van der Waals surface area contributed by atoms with Crippen molar-refractivity contribution in [3.05, 3.63) is 83.9 Å². The number of esters is 1. The van der Waals surface area contributed by atoms with E-state index in [1.807, 2.05) is 39.0 Å². The lowest BCUT2D eigenvalue weighted by Crippen LogP contribution is -2.33. The van der Waals surface area contributed by atoms with E-state index in [1.54, 1.807) is 6.08 Å². The Bertz CT molecular complexity index is 676. The lowest BCUT2D eigenvalue weighted by molar-refractivity contribution is -0.148. The van der Waals surface area contributed by atoms with Gasteiger partial charge in [-0.1, -0.05) is 73.7 Å². The molecule has 0 aromatic heterocycles. The molecule has 0 saturated heterocycles. The molecular weight excluding hydrogens is 334 g/mol. The third-order valence-corrected chi connectivity index (χ3v) is 4.21. The lowest BCUT2D eigenvalue weighted by Gasteiger charge is -2.29. The fraction of sp³-hybridized carbons (Fsp3) is 0.375. The highest BCUT2D eigenvalue weighted by atomic mass is 16.6. The molecule has 0 N–H and O–H groups in total. The van der Waals surface area contributed by atoms with Crippen LogP contribution < -0.4 is 0 Å². The molecule has 0 aliphatic heterocycles. The number of nitrogens with zero attached hydrogens (tertiary/aromatic N) is 1. The monoisotopic (exact) mass is 365 g/mol. The fourth-order valence-electron chi connectivity index (χ4n) is 2.97. The molecule has 144 valence electrons. The third kappa shape index (κ3) is 7.79. The zero-order valence-corrected chi connectivity index (χ0v) is 16.9. The summed E-state index contributed by atoms with van der Waals surface area (Å²) in [6.07, 6.45) is 4.46. The molecule has 0 bridgehead atoms. The second-order valence-corrected chi connectivity index (χ2v) is 7.74. The molecule has 0 saturated carbocycles. The minimum atomic E-state index is -0.475. The van der Waals surface area contributed by atoms with Crippen LogP contribution in [-0.4, -0.2) is 22.5 Å². The standard InChI is InChI=1S/C24H31NO2/c1-5-22(16-17-23(26)27-24(2,3)4)25(18-20-12-8-6-9-13-20)19-21-14-10-7-11-15-21/h6-17,22H,5,18-19H2,1-4H3/b17-16+/t22-/m1/s1. The van der Waals surface area contributed by atoms with E-state index >= 15 is 0 Å². The summed E-state index contributed by atoms with van der Waals surface area (Å²) >= 11 is 0. The molecule has 2 aromatic carbocycles. The van der Waals surface area contributed by atoms with Crippen LogP contribution in [0.15, 0.2) is 72.8 Å². The predicted octanol–water partition coefficient (Wildman–Crippen LogP) is 5.37. The van der Waals surface area contributed by atoms with Crippen LogP contribution in [0.25, 0.3) is 0 Å². The van der Waals surface area contributed by atoms with Gasteiger partial charge in [0.05, 0.1) is 0 Å². The number of carbonyl (C=O) groups excluding carboxylic acids is 1. The first-order valence-corrected chi connectivity index (χ1v) is 9.60. The van der Waals surface area contributed by atoms with Gasteiger partial charge >= 0.3 is 5.97 Å². The highest BCUT2D eigenvalue weighted by Crippen LogP contribution is 2.17. The minimum absolute atomic E-state index is 0.151. The van der Waals surface area contributed by atoms with Crippen molar-refractivity contribution in [2.45, 2.75) is 58.8 Å². The summed E-state index contributed by atoms with van der Waals surface area (Å²) in [4.78, 5) is 14.5. The summed E-state index contributed by atoms with van der Waals surface area (Å²) in [6, 6.07) is 21.0. The molecule has 0 aliphatic carbocycles. The van der Waals surface area contributed by atoms with Gasteiger partial charge < -0.3 is 4.74 Å². The lowest BCUT2D eigenvalue weighted by atomic mass is 10.1. The molecular formula is C24H31NO2. The molecule has 3 heteroatoms. The third-order valence-electron chi connectivity index (χ3n) is 4.21. The Morgan fingerprint density at radius 2 is 1.44 bits per heavy atom. The smallest absolute Gasteiger partial charge is 0.330 e. The van der Waals surface area contributed by atoms with Crippen molar-refractivity contribution in [3.63, 3.8) is 0 Å². The van der Waals surface area contributed by atoms with Crippen molar-refractivity contribution in [1.29, 1.82) is 0 Å². The van der Waals surface area contributed by atoms with Gasteiger partial charge in [-0.2, -0.15) is 0 Å². The van der Waals surface area contributed by atoms with Gasteiger partial charge in [-0.25, -0.2) is 4.79 Å². The number of hydrogen-bond donors (Lipinski definition) is 0. The second-order valence-electron chi connectivity index (χ2n) is 7.74. The van der Waals surface area contributed by atoms with Gasteiger partial charge in [0.1, 0.15) is 5.60 Å². The first kappa shape index (κ1) is 20.9. The molecule has 0 radical (unpaired) electrons. The first-order chi connectivity index (χ1) is 12.9. The summed E-state index contributed by atoms with van der Waals surface area (Å²) in [6.45, 7) is 9.44. The summed E-state index contributed by atoms with van der Waals surface area (Å²) < 4.78 is 5.40. The molecule has 0 spiro atoms. The predicted molar refractivity (Wildman–Crippen MR) is 111 cm³/mol. The maximum absolute atomic E-state index is 12.1. The Labute approximate surface area is 163 Å². The Morgan fingerprint density at radius 1 is 0.963 bits per heavy atom. The SMILES string of the molecule is CC[C@H](/C=C/C(=O)OC(C)(C)C)N(Cc1ccccc1)Cc1ccccc1. The molecule has 2 aromatic rings. The van der Waals surface area contributed by atoms with E-state index in [0.717, 1.165) is 19.5 Å². The van der Waals surface area contributed by atoms with E-state index in [1.165, 1.54) is 11.1 Å². The van der Waals surface area contributed by atoms with E-state index < -0.39 is 5.60 Å². The van der Waals surface area contributed by atoms with Crippen molar-refractivity contribution in [2.24, 2.45) is 0 Å². The van der Waals surface area contributed by atoms with Crippen molar-refractivity contribution in [2.75, 3.05) is 0 Å². The molecule has 0 aliphatic rings. The average molecular weight is 366 g/mol. The van der Waals surface area contributed by atoms with E-state index in [9.17, 15) is 4.79 Å². The summed E-state index contributed by atoms with van der Waals surface area (Å²) in [5.41, 5.74) is 2.05. The molecule has 0 amide bonds. The molecule has 0 unspecified atom stereocenters. The molecule has 1 atom stereocenters. The number of ether oxygens (including phenoxy) is 1. The topological polar surface area (TPSA) is 29.5 Å². The number of rotatable bonds is 8. The van der Waals surface area contributed by atoms with Crippen LogP contribution in [0.4, 0.5) is 0 Å². The molecule has 3 nitrogen and oxygen atoms in total. The number of carbonyl (C=O) groups is 1. The van der Waals surface area contributed by atoms with Gasteiger partial charge in [0.15, 0.2) is 0 Å². The van der Waals surface area contributed by atoms with Gasteiger partial charge in [-0.05, 0) is 38.3 Å². The molecule has 0 fully saturated rings. The minimum Gasteiger partial charge on any atom is -0.457 e. The van der Waals surface area contributed by atoms with E-state index in [4.69, 9.17) is 4.74 Å². The quantitative estimate of drug-likeness (QED) is 0.465. The van der Waals surface area contributed by atoms with E-state index in [0.29, 0.717) is 0 Å². The number of hydrogen-bond acceptors (Lipinski definition) is 3. The van der Waals surface area contributed by atoms with Gasteiger partial charge in [-0.15, -0.1) is 0 Å². The van der Waals surface area contributed by atoms with Gasteiger partial charge in [0.2, 0.25) is 0 Å². The molecule has 27 heavy (non-hydrogen) atoms. The van der Waals surface area contributed by atoms with Gasteiger partial charge in [0, 0.05) is 25.2 Å². The van der Waals surface area contributed by atoms with E-state index in [2.05, 4.69) is 60.4 Å². The maximum Gasteiger partial charge on any atom is 0.330 e. The Balaban J connectivity index is 2.16. The summed E-state index contributed by atoms with van der Waals surface area (Å²) in [7, 11) is 0. The van der Waals surface area contributed by atoms with Crippen LogP contribution in [0.5, 0.6) is 0 Å². The van der Waals surface area contributed by atoms with Crippen molar-refractivity contribution in [1.82, 2.24) is 4.90 Å². The largest absolute Gasteiger partial charge is 0.457 e. The van der Waals surface area contributed by atoms with Gasteiger partial charge in [0.25, 0.3) is 0 Å². The number of benzene rings is 2. The van der Waals surface area contributed by atoms with E-state index in [-0.39, 0.29) is 12.0 Å². The highest BCUT2D eigenvalue weighted by molar-refractivity contribution is 5.82. The molecule has 0 heterocycles. The zero-order chi connectivity index (χ0) is 19.7. The zero-order valence-electron chi connectivity index (χ0n) is 16.9. The van der Waals surface area contributed by atoms with Crippen LogP contribution in [-0.2, 0) is 22.6 Å². The van der Waals surface area contributed by atoms with Crippen LogP contribution in [0, 0.1) is 0 Å². The Morgan fingerprint density at radius 3 is 1.85 bits per heavy atom. The van der Waals surface area contributed by atoms with Gasteiger partial charge in [-0.3, -0.25) is 4.90 Å². The Kier molecular flexibility index (Phi) is 7.81.